The molecule has 3 N–H and O–H groups in total. The number of hydrogen-bond acceptors (Lipinski definition) is 3. The average molecular weight is 397 g/mol. The molecule has 0 saturated carbocycles. The summed E-state index contributed by atoms with van der Waals surface area (Å²) in [5, 5.41) is 10.6. The zero-order valence-corrected chi connectivity index (χ0v) is 16.3. The fraction of sp³-hybridized carbons (Fsp3) is 0.368. The van der Waals surface area contributed by atoms with Gasteiger partial charge < -0.3 is 19.6 Å². The molecule has 140 valence electrons. The molecule has 0 amide bonds. The van der Waals surface area contributed by atoms with Crippen molar-refractivity contribution >= 4 is 19.2 Å². The molecule has 5 nitrogen and oxygen atoms in total. The summed E-state index contributed by atoms with van der Waals surface area (Å²) >= 11 is 6.48. The number of aryl methyl sites for hydroxylation is 1. The van der Waals surface area contributed by atoms with Crippen molar-refractivity contribution in [3.05, 3.63) is 57.6 Å². The van der Waals surface area contributed by atoms with E-state index in [0.29, 0.717) is 16.5 Å². The summed E-state index contributed by atoms with van der Waals surface area (Å²) in [6.07, 6.45) is 1.03. The third kappa shape index (κ3) is 4.07. The third-order valence-electron chi connectivity index (χ3n) is 4.71. The largest absolute Gasteiger partial charge is 0.508 e. The summed E-state index contributed by atoms with van der Waals surface area (Å²) in [7, 11) is -4.23. The van der Waals surface area contributed by atoms with Crippen molar-refractivity contribution in [2.24, 2.45) is 0 Å². The van der Waals surface area contributed by atoms with E-state index in [2.05, 4.69) is 0 Å². The maximum absolute atomic E-state index is 11.0. The Bertz CT molecular complexity index is 874. The molecule has 1 aliphatic rings. The Morgan fingerprint density at radius 3 is 2.65 bits per heavy atom. The van der Waals surface area contributed by atoms with E-state index in [4.69, 9.17) is 26.1 Å². The molecule has 0 aliphatic heterocycles. The number of aromatic hydroxyl groups is 1. The standard InChI is InChI=1S/C19H22ClO5P/c1-11(2)16-8-12(4-6-18(16)21)15-5-3-13-7-14(9-17(20)19(13)15)25-10-26(22,23)24/h4,6-9,11,15,21H,3,5,10H2,1-2H3,(H2,22,23,24)/t15-/m1/s1. The van der Waals surface area contributed by atoms with Gasteiger partial charge in [0.1, 0.15) is 11.5 Å². The van der Waals surface area contributed by atoms with Gasteiger partial charge in [0.2, 0.25) is 0 Å². The second-order valence-electron chi connectivity index (χ2n) is 6.98. The fourth-order valence-corrected chi connectivity index (χ4v) is 4.19. The molecule has 0 spiro atoms. The van der Waals surface area contributed by atoms with Gasteiger partial charge in [-0.15, -0.1) is 0 Å². The van der Waals surface area contributed by atoms with Gasteiger partial charge in [0.15, 0.2) is 6.35 Å². The molecular weight excluding hydrogens is 375 g/mol. The van der Waals surface area contributed by atoms with Crippen molar-refractivity contribution in [1.29, 1.82) is 0 Å². The molecule has 0 radical (unpaired) electrons. The first-order valence-electron chi connectivity index (χ1n) is 8.48. The van der Waals surface area contributed by atoms with Crippen LogP contribution in [0.15, 0.2) is 30.3 Å². The predicted octanol–water partition coefficient (Wildman–Crippen LogP) is 4.76. The molecule has 0 unspecified atom stereocenters. The molecule has 3 rings (SSSR count). The highest BCUT2D eigenvalue weighted by Crippen LogP contribution is 2.45. The van der Waals surface area contributed by atoms with Gasteiger partial charge >= 0.3 is 7.60 Å². The highest BCUT2D eigenvalue weighted by atomic mass is 35.5. The number of ether oxygens (including phenoxy) is 1. The molecule has 7 heteroatoms. The summed E-state index contributed by atoms with van der Waals surface area (Å²) in [6, 6.07) is 9.11. The Labute approximate surface area is 157 Å². The number of rotatable bonds is 5. The molecule has 0 saturated heterocycles. The normalized spacial score (nSPS) is 16.8. The van der Waals surface area contributed by atoms with Crippen LogP contribution in [0, 0.1) is 0 Å². The van der Waals surface area contributed by atoms with Crippen molar-refractivity contribution < 1.29 is 24.2 Å². The lowest BCUT2D eigenvalue weighted by atomic mass is 9.89. The van der Waals surface area contributed by atoms with Crippen LogP contribution >= 0.6 is 19.2 Å². The van der Waals surface area contributed by atoms with Gasteiger partial charge in [-0.1, -0.05) is 37.6 Å². The van der Waals surface area contributed by atoms with Crippen molar-refractivity contribution in [1.82, 2.24) is 0 Å². The van der Waals surface area contributed by atoms with Crippen LogP contribution in [0.25, 0.3) is 0 Å². The summed E-state index contributed by atoms with van der Waals surface area (Å²) < 4.78 is 16.2. The smallest absolute Gasteiger partial charge is 0.362 e. The highest BCUT2D eigenvalue weighted by Gasteiger charge is 2.28. The number of phenolic OH excluding ortho intramolecular Hbond substituents is 1. The minimum absolute atomic E-state index is 0.131. The van der Waals surface area contributed by atoms with Gasteiger partial charge in [-0.05, 0) is 59.2 Å². The summed E-state index contributed by atoms with van der Waals surface area (Å²) in [4.78, 5) is 17.9. The SMILES string of the molecule is CC(C)c1cc([C@H]2CCc3cc(OCP(=O)(O)O)cc(Cl)c32)ccc1O. The average Bonchev–Trinajstić information content (AvgIpc) is 2.97. The summed E-state index contributed by atoms with van der Waals surface area (Å²) in [6.45, 7) is 4.08. The lowest BCUT2D eigenvalue weighted by Crippen LogP contribution is -2.01. The quantitative estimate of drug-likeness (QED) is 0.634. The zero-order chi connectivity index (χ0) is 19.1. The molecule has 0 fully saturated rings. The van der Waals surface area contributed by atoms with Crippen LogP contribution in [0.1, 0.15) is 54.4 Å². The molecule has 0 bridgehead atoms. The zero-order valence-electron chi connectivity index (χ0n) is 14.6. The first kappa shape index (κ1) is 19.2. The number of fused-ring (bicyclic) bond motifs is 1. The van der Waals surface area contributed by atoms with E-state index in [1.807, 2.05) is 26.0 Å². The van der Waals surface area contributed by atoms with Crippen LogP contribution < -0.4 is 4.74 Å². The van der Waals surface area contributed by atoms with E-state index in [-0.39, 0.29) is 11.8 Å². The van der Waals surface area contributed by atoms with Crippen molar-refractivity contribution in [2.75, 3.05) is 6.35 Å². The van der Waals surface area contributed by atoms with Crippen LogP contribution in [-0.4, -0.2) is 21.2 Å². The first-order valence-corrected chi connectivity index (χ1v) is 10.7. The minimum atomic E-state index is -4.23. The summed E-state index contributed by atoms with van der Waals surface area (Å²) in [5.74, 6) is 1.02. The van der Waals surface area contributed by atoms with Crippen molar-refractivity contribution in [2.45, 2.75) is 38.5 Å². The van der Waals surface area contributed by atoms with Crippen LogP contribution in [0.2, 0.25) is 5.02 Å². The lowest BCUT2D eigenvalue weighted by molar-refractivity contribution is 0.300. The second-order valence-corrected chi connectivity index (χ2v) is 8.97. The van der Waals surface area contributed by atoms with E-state index in [1.54, 1.807) is 18.2 Å². The molecule has 26 heavy (non-hydrogen) atoms. The van der Waals surface area contributed by atoms with Crippen molar-refractivity contribution in [3.63, 3.8) is 0 Å². The molecule has 0 heterocycles. The van der Waals surface area contributed by atoms with Gasteiger partial charge in [0.05, 0.1) is 0 Å². The molecular formula is C19H22ClO5P. The number of phenols is 1. The Morgan fingerprint density at radius 2 is 2.00 bits per heavy atom. The van der Waals surface area contributed by atoms with Gasteiger partial charge in [-0.25, -0.2) is 0 Å². The maximum Gasteiger partial charge on any atom is 0.362 e. The molecule has 0 aromatic heterocycles. The molecule has 2 aromatic carbocycles. The van der Waals surface area contributed by atoms with Crippen LogP contribution in [-0.2, 0) is 11.0 Å². The van der Waals surface area contributed by atoms with E-state index < -0.39 is 13.9 Å². The van der Waals surface area contributed by atoms with Crippen LogP contribution in [0.4, 0.5) is 0 Å². The third-order valence-corrected chi connectivity index (χ3v) is 5.49. The maximum atomic E-state index is 11.0. The topological polar surface area (TPSA) is 87.0 Å². The summed E-state index contributed by atoms with van der Waals surface area (Å²) in [5.41, 5.74) is 4.07. The van der Waals surface area contributed by atoms with Gasteiger partial charge in [0, 0.05) is 10.9 Å². The number of benzene rings is 2. The van der Waals surface area contributed by atoms with Crippen molar-refractivity contribution in [3.8, 4) is 11.5 Å². The Kier molecular flexibility index (Phi) is 5.36. The number of halogens is 1. The van der Waals surface area contributed by atoms with Gasteiger partial charge in [0.25, 0.3) is 0 Å². The second kappa shape index (κ2) is 7.24. The van der Waals surface area contributed by atoms with Gasteiger partial charge in [-0.2, -0.15) is 0 Å². The van der Waals surface area contributed by atoms with Gasteiger partial charge in [-0.3, -0.25) is 4.57 Å². The van der Waals surface area contributed by atoms with E-state index in [0.717, 1.165) is 35.1 Å². The first-order chi connectivity index (χ1) is 12.2. The van der Waals surface area contributed by atoms with E-state index in [9.17, 15) is 9.67 Å². The van der Waals surface area contributed by atoms with Crippen LogP contribution in [0.5, 0.6) is 11.5 Å². The van der Waals surface area contributed by atoms with Crippen LogP contribution in [0.3, 0.4) is 0 Å². The Balaban J connectivity index is 1.92. The minimum Gasteiger partial charge on any atom is -0.508 e. The monoisotopic (exact) mass is 396 g/mol. The molecule has 1 atom stereocenters. The predicted molar refractivity (Wildman–Crippen MR) is 101 cm³/mol. The lowest BCUT2D eigenvalue weighted by Gasteiger charge is -2.18. The van der Waals surface area contributed by atoms with E-state index >= 15 is 0 Å². The highest BCUT2D eigenvalue weighted by molar-refractivity contribution is 7.51. The molecule has 2 aromatic rings. The Morgan fingerprint density at radius 1 is 1.27 bits per heavy atom. The Hall–Kier alpha value is -1.52. The number of hydrogen-bond donors (Lipinski definition) is 3. The molecule has 1 aliphatic carbocycles. The fourth-order valence-electron chi connectivity index (χ4n) is 3.52. The van der Waals surface area contributed by atoms with E-state index in [1.165, 1.54) is 0 Å².